The summed E-state index contributed by atoms with van der Waals surface area (Å²) >= 11 is 4.78. The Morgan fingerprint density at radius 1 is 1.26 bits per heavy atom. The monoisotopic (exact) mass is 394 g/mol. The molecule has 3 N–H and O–H groups in total. The van der Waals surface area contributed by atoms with Gasteiger partial charge in [-0.2, -0.15) is 0 Å². The van der Waals surface area contributed by atoms with E-state index in [-0.39, 0.29) is 12.2 Å². The minimum atomic E-state index is -0.642. The van der Waals surface area contributed by atoms with Crippen molar-refractivity contribution in [1.29, 1.82) is 0 Å². The Bertz CT molecular complexity index is 737. The fourth-order valence-electron chi connectivity index (χ4n) is 1.85. The number of nitrogens with one attached hydrogen (secondary N) is 1. The molecule has 0 heterocycles. The summed E-state index contributed by atoms with van der Waals surface area (Å²) in [4.78, 5) is 24.9. The second kappa shape index (κ2) is 8.03. The third-order valence-corrected chi connectivity index (χ3v) is 4.24. The highest BCUT2D eigenvalue weighted by molar-refractivity contribution is 9.10. The number of benzene rings is 2. The zero-order valence-electron chi connectivity index (χ0n) is 12.3. The van der Waals surface area contributed by atoms with Crippen molar-refractivity contribution >= 4 is 50.9 Å². The summed E-state index contributed by atoms with van der Waals surface area (Å²) in [7, 11) is 0. The van der Waals surface area contributed by atoms with E-state index in [1.165, 1.54) is 11.8 Å². The first-order valence-corrected chi connectivity index (χ1v) is 8.68. The van der Waals surface area contributed by atoms with Gasteiger partial charge in [0.1, 0.15) is 0 Å². The quantitative estimate of drug-likeness (QED) is 0.460. The number of carbonyl (C=O) groups excluding carboxylic acids is 2. The number of halogens is 1. The molecule has 0 bridgehead atoms. The van der Waals surface area contributed by atoms with Gasteiger partial charge in [-0.25, -0.2) is 4.79 Å². The SMILES string of the molecule is CSc1ccccc1NC(=O)COC(=O)c1cc(Br)ccc1N. The summed E-state index contributed by atoms with van der Waals surface area (Å²) < 4.78 is 5.72. The van der Waals surface area contributed by atoms with Gasteiger partial charge in [0.15, 0.2) is 6.61 Å². The summed E-state index contributed by atoms with van der Waals surface area (Å²) in [5.74, 6) is -1.05. The second-order valence-corrected chi connectivity index (χ2v) is 6.32. The molecule has 0 spiro atoms. The highest BCUT2D eigenvalue weighted by Crippen LogP contribution is 2.24. The van der Waals surface area contributed by atoms with Crippen LogP contribution in [-0.2, 0) is 9.53 Å². The molecule has 5 nitrogen and oxygen atoms in total. The Hall–Kier alpha value is -1.99. The van der Waals surface area contributed by atoms with Crippen LogP contribution in [0, 0.1) is 0 Å². The van der Waals surface area contributed by atoms with E-state index >= 15 is 0 Å². The Morgan fingerprint density at radius 2 is 2.00 bits per heavy atom. The lowest BCUT2D eigenvalue weighted by Gasteiger charge is -2.10. The molecule has 2 rings (SSSR count). The van der Waals surface area contributed by atoms with Crippen molar-refractivity contribution in [1.82, 2.24) is 0 Å². The van der Waals surface area contributed by atoms with Crippen molar-refractivity contribution in [3.63, 3.8) is 0 Å². The number of ether oxygens (including phenoxy) is 1. The first-order valence-electron chi connectivity index (χ1n) is 6.66. The van der Waals surface area contributed by atoms with Gasteiger partial charge in [0.2, 0.25) is 0 Å². The van der Waals surface area contributed by atoms with Crippen molar-refractivity contribution in [2.24, 2.45) is 0 Å². The number of para-hydroxylation sites is 1. The highest BCUT2D eigenvalue weighted by atomic mass is 79.9. The van der Waals surface area contributed by atoms with Gasteiger partial charge < -0.3 is 15.8 Å². The Kier molecular flexibility index (Phi) is 6.06. The number of rotatable bonds is 5. The molecule has 0 unspecified atom stereocenters. The Balaban J connectivity index is 1.96. The molecule has 0 radical (unpaired) electrons. The predicted molar refractivity (Wildman–Crippen MR) is 95.7 cm³/mol. The lowest BCUT2D eigenvalue weighted by atomic mass is 10.2. The van der Waals surface area contributed by atoms with Gasteiger partial charge >= 0.3 is 5.97 Å². The summed E-state index contributed by atoms with van der Waals surface area (Å²) in [6.45, 7) is -0.381. The summed E-state index contributed by atoms with van der Waals surface area (Å²) in [6, 6.07) is 12.3. The van der Waals surface area contributed by atoms with Crippen LogP contribution in [0.5, 0.6) is 0 Å². The number of carbonyl (C=O) groups is 2. The summed E-state index contributed by atoms with van der Waals surface area (Å²) in [5, 5.41) is 2.72. The van der Waals surface area contributed by atoms with Gasteiger partial charge in [-0.05, 0) is 36.6 Å². The Labute approximate surface area is 146 Å². The molecule has 0 saturated carbocycles. The average Bonchev–Trinajstić information content (AvgIpc) is 2.55. The highest BCUT2D eigenvalue weighted by Gasteiger charge is 2.14. The van der Waals surface area contributed by atoms with Crippen LogP contribution in [0.2, 0.25) is 0 Å². The minimum Gasteiger partial charge on any atom is -0.452 e. The first kappa shape index (κ1) is 17.4. The molecule has 23 heavy (non-hydrogen) atoms. The van der Waals surface area contributed by atoms with Crippen LogP contribution in [-0.4, -0.2) is 24.7 Å². The number of hydrogen-bond acceptors (Lipinski definition) is 5. The lowest BCUT2D eigenvalue weighted by Crippen LogP contribution is -2.21. The van der Waals surface area contributed by atoms with E-state index in [0.29, 0.717) is 15.8 Å². The van der Waals surface area contributed by atoms with Crippen LogP contribution in [0.3, 0.4) is 0 Å². The topological polar surface area (TPSA) is 81.4 Å². The van der Waals surface area contributed by atoms with Crippen LogP contribution in [0.4, 0.5) is 11.4 Å². The largest absolute Gasteiger partial charge is 0.452 e. The number of esters is 1. The van der Waals surface area contributed by atoms with E-state index in [1.807, 2.05) is 24.5 Å². The van der Waals surface area contributed by atoms with Crippen LogP contribution < -0.4 is 11.1 Å². The standard InChI is InChI=1S/C16H15BrN2O3S/c1-23-14-5-3-2-4-13(14)19-15(20)9-22-16(21)11-8-10(17)6-7-12(11)18/h2-8H,9,18H2,1H3,(H,19,20). The van der Waals surface area contributed by atoms with Gasteiger partial charge in [0.05, 0.1) is 11.3 Å². The summed E-state index contributed by atoms with van der Waals surface area (Å²) in [5.41, 5.74) is 6.93. The maximum atomic E-state index is 12.0. The number of anilines is 2. The van der Waals surface area contributed by atoms with Gasteiger partial charge in [-0.3, -0.25) is 4.79 Å². The van der Waals surface area contributed by atoms with E-state index in [4.69, 9.17) is 10.5 Å². The van der Waals surface area contributed by atoms with E-state index < -0.39 is 11.9 Å². The molecule has 120 valence electrons. The molecule has 2 aromatic rings. The van der Waals surface area contributed by atoms with Gasteiger partial charge in [-0.15, -0.1) is 11.8 Å². The number of hydrogen-bond donors (Lipinski definition) is 2. The zero-order valence-corrected chi connectivity index (χ0v) is 14.7. The van der Waals surface area contributed by atoms with Gasteiger partial charge in [0, 0.05) is 15.1 Å². The minimum absolute atomic E-state index is 0.219. The van der Waals surface area contributed by atoms with Crippen molar-refractivity contribution < 1.29 is 14.3 Å². The number of amides is 1. The number of nitrogen functional groups attached to an aromatic ring is 1. The molecular formula is C16H15BrN2O3S. The van der Waals surface area contributed by atoms with Crippen LogP contribution in [0.25, 0.3) is 0 Å². The molecule has 0 aliphatic carbocycles. The smallest absolute Gasteiger partial charge is 0.340 e. The number of thioether (sulfide) groups is 1. The third kappa shape index (κ3) is 4.74. The molecule has 0 aliphatic heterocycles. The fraction of sp³-hybridized carbons (Fsp3) is 0.125. The van der Waals surface area contributed by atoms with Crippen molar-refractivity contribution in [2.45, 2.75) is 4.90 Å². The summed E-state index contributed by atoms with van der Waals surface area (Å²) in [6.07, 6.45) is 1.92. The van der Waals surface area contributed by atoms with Crippen LogP contribution in [0.15, 0.2) is 51.8 Å². The van der Waals surface area contributed by atoms with Crippen LogP contribution >= 0.6 is 27.7 Å². The molecule has 0 saturated heterocycles. The Morgan fingerprint density at radius 3 is 2.74 bits per heavy atom. The van der Waals surface area contributed by atoms with Gasteiger partial charge in [0.25, 0.3) is 5.91 Å². The van der Waals surface area contributed by atoms with Gasteiger partial charge in [-0.1, -0.05) is 28.1 Å². The normalized spacial score (nSPS) is 10.2. The molecule has 7 heteroatoms. The van der Waals surface area contributed by atoms with E-state index in [0.717, 1.165) is 4.90 Å². The maximum absolute atomic E-state index is 12.0. The molecule has 0 aromatic heterocycles. The molecule has 0 aliphatic rings. The maximum Gasteiger partial charge on any atom is 0.340 e. The molecule has 1 amide bonds. The lowest BCUT2D eigenvalue weighted by molar-refractivity contribution is -0.119. The van der Waals surface area contributed by atoms with E-state index in [9.17, 15) is 9.59 Å². The van der Waals surface area contributed by atoms with E-state index in [1.54, 1.807) is 24.3 Å². The molecule has 0 atom stereocenters. The predicted octanol–water partition coefficient (Wildman–Crippen LogP) is 3.55. The molecular weight excluding hydrogens is 380 g/mol. The van der Waals surface area contributed by atoms with E-state index in [2.05, 4.69) is 21.2 Å². The van der Waals surface area contributed by atoms with Crippen molar-refractivity contribution in [2.75, 3.05) is 23.9 Å². The van der Waals surface area contributed by atoms with Crippen molar-refractivity contribution in [3.05, 3.63) is 52.5 Å². The van der Waals surface area contributed by atoms with Crippen molar-refractivity contribution in [3.8, 4) is 0 Å². The average molecular weight is 395 g/mol. The second-order valence-electron chi connectivity index (χ2n) is 4.56. The van der Waals surface area contributed by atoms with Crippen LogP contribution in [0.1, 0.15) is 10.4 Å². The zero-order chi connectivity index (χ0) is 16.8. The molecule has 0 fully saturated rings. The third-order valence-electron chi connectivity index (χ3n) is 2.95. The molecule has 2 aromatic carbocycles. The fourth-order valence-corrected chi connectivity index (χ4v) is 2.76. The first-order chi connectivity index (χ1) is 11.0. The number of nitrogens with two attached hydrogens (primary N) is 1.